The Balaban J connectivity index is 1.78. The lowest BCUT2D eigenvalue weighted by atomic mass is 9.96. The van der Waals surface area contributed by atoms with Gasteiger partial charge >= 0.3 is 0 Å². The number of rotatable bonds is 7. The summed E-state index contributed by atoms with van der Waals surface area (Å²) < 4.78 is 10.6. The molecule has 0 saturated carbocycles. The van der Waals surface area contributed by atoms with E-state index in [1.807, 2.05) is 49.4 Å². The van der Waals surface area contributed by atoms with Crippen LogP contribution < -0.4 is 15.4 Å². The van der Waals surface area contributed by atoms with E-state index < -0.39 is 0 Å². The van der Waals surface area contributed by atoms with Crippen molar-refractivity contribution in [2.75, 3.05) is 17.7 Å². The predicted octanol–water partition coefficient (Wildman–Crippen LogP) is 6.12. The topological polar surface area (TPSA) is 76.4 Å². The van der Waals surface area contributed by atoms with Crippen LogP contribution in [0.5, 0.6) is 5.75 Å². The number of furan rings is 1. The van der Waals surface area contributed by atoms with Gasteiger partial charge in [0.1, 0.15) is 16.6 Å². The van der Waals surface area contributed by atoms with E-state index in [1.165, 1.54) is 6.26 Å². The molecule has 1 unspecified atom stereocenters. The van der Waals surface area contributed by atoms with Gasteiger partial charge in [-0.15, -0.1) is 11.3 Å². The van der Waals surface area contributed by atoms with Crippen molar-refractivity contribution in [3.05, 3.63) is 93.9 Å². The highest BCUT2D eigenvalue weighted by atomic mass is 32.1. The van der Waals surface area contributed by atoms with Crippen molar-refractivity contribution >= 4 is 28.1 Å². The summed E-state index contributed by atoms with van der Waals surface area (Å²) >= 11 is 1.55. The van der Waals surface area contributed by atoms with E-state index in [1.54, 1.807) is 30.6 Å². The van der Waals surface area contributed by atoms with Crippen molar-refractivity contribution in [3.8, 4) is 5.75 Å². The zero-order chi connectivity index (χ0) is 22.7. The second kappa shape index (κ2) is 9.28. The highest BCUT2D eigenvalue weighted by molar-refractivity contribution is 7.16. The van der Waals surface area contributed by atoms with Gasteiger partial charge in [0, 0.05) is 16.1 Å². The number of aryl methyl sites for hydroxylation is 2. The molecule has 0 aliphatic rings. The molecule has 3 heterocycles. The number of aromatic nitrogens is 1. The lowest BCUT2D eigenvalue weighted by Gasteiger charge is -2.22. The number of hydrogen-bond acceptors (Lipinski definition) is 6. The highest BCUT2D eigenvalue weighted by Gasteiger charge is 2.25. The Morgan fingerprint density at radius 2 is 1.84 bits per heavy atom. The number of methoxy groups -OCH3 is 1. The third kappa shape index (κ3) is 4.53. The number of benzene rings is 1. The van der Waals surface area contributed by atoms with Gasteiger partial charge in [-0.1, -0.05) is 18.2 Å². The number of carbonyl (C=O) groups is 1. The van der Waals surface area contributed by atoms with Gasteiger partial charge in [0.2, 0.25) is 0 Å². The molecule has 164 valence electrons. The van der Waals surface area contributed by atoms with Gasteiger partial charge in [0.05, 0.1) is 19.4 Å². The summed E-state index contributed by atoms with van der Waals surface area (Å²) in [7, 11) is 1.65. The van der Waals surface area contributed by atoms with Gasteiger partial charge in [0.15, 0.2) is 5.76 Å². The van der Waals surface area contributed by atoms with Crippen LogP contribution in [0.25, 0.3) is 0 Å². The summed E-state index contributed by atoms with van der Waals surface area (Å²) in [5.41, 5.74) is 4.07. The summed E-state index contributed by atoms with van der Waals surface area (Å²) in [6.07, 6.45) is 1.49. The van der Waals surface area contributed by atoms with E-state index in [0.29, 0.717) is 0 Å². The number of thiophene rings is 1. The molecule has 0 bridgehead atoms. The molecule has 2 N–H and O–H groups in total. The van der Waals surface area contributed by atoms with Crippen LogP contribution in [0, 0.1) is 20.8 Å². The lowest BCUT2D eigenvalue weighted by Crippen LogP contribution is -2.18. The molecule has 32 heavy (non-hydrogen) atoms. The molecule has 6 nitrogen and oxygen atoms in total. The zero-order valence-electron chi connectivity index (χ0n) is 18.4. The average Bonchev–Trinajstić information content (AvgIpc) is 3.42. The smallest absolute Gasteiger partial charge is 0.291 e. The number of ether oxygens (including phenoxy) is 1. The van der Waals surface area contributed by atoms with Crippen LogP contribution >= 0.6 is 11.3 Å². The van der Waals surface area contributed by atoms with Crippen molar-refractivity contribution < 1.29 is 13.9 Å². The molecule has 0 radical (unpaired) electrons. The summed E-state index contributed by atoms with van der Waals surface area (Å²) in [5, 5.41) is 7.40. The fraction of sp³-hybridized carbons (Fsp3) is 0.200. The molecular formula is C25H25N3O3S. The number of pyridine rings is 1. The Kier molecular flexibility index (Phi) is 6.28. The second-order valence-corrected chi connectivity index (χ2v) is 8.70. The Morgan fingerprint density at radius 1 is 1.06 bits per heavy atom. The molecule has 0 fully saturated rings. The molecule has 4 rings (SSSR count). The first-order chi connectivity index (χ1) is 15.5. The number of hydrogen-bond donors (Lipinski definition) is 2. The van der Waals surface area contributed by atoms with E-state index >= 15 is 0 Å². The standard InChI is InChI=1S/C25H25N3O3S/c1-15-7-5-9-21(26-15)27-23(18-10-12-19(30-4)13-11-18)22-16(2)17(3)32-25(22)28-24(29)20-8-6-14-31-20/h5-14,23H,1-4H3,(H,26,27)(H,28,29). The first-order valence-electron chi connectivity index (χ1n) is 10.2. The van der Waals surface area contributed by atoms with Crippen LogP contribution in [0.15, 0.2) is 65.3 Å². The quantitative estimate of drug-likeness (QED) is 0.357. The Labute approximate surface area is 191 Å². The molecule has 0 aliphatic carbocycles. The molecule has 1 atom stereocenters. The monoisotopic (exact) mass is 447 g/mol. The van der Waals surface area contributed by atoms with Gasteiger partial charge < -0.3 is 19.8 Å². The highest BCUT2D eigenvalue weighted by Crippen LogP contribution is 2.41. The minimum absolute atomic E-state index is 0.230. The van der Waals surface area contributed by atoms with Gasteiger partial charge in [-0.05, 0) is 68.3 Å². The van der Waals surface area contributed by atoms with Gasteiger partial charge in [-0.2, -0.15) is 0 Å². The fourth-order valence-corrected chi connectivity index (χ4v) is 4.64. The number of anilines is 2. The number of carbonyl (C=O) groups excluding carboxylic acids is 1. The Morgan fingerprint density at radius 3 is 2.50 bits per heavy atom. The van der Waals surface area contributed by atoms with E-state index in [0.717, 1.165) is 43.8 Å². The van der Waals surface area contributed by atoms with Crippen molar-refractivity contribution in [2.24, 2.45) is 0 Å². The van der Waals surface area contributed by atoms with Crippen molar-refractivity contribution in [2.45, 2.75) is 26.8 Å². The molecule has 1 aromatic carbocycles. The maximum atomic E-state index is 12.7. The van der Waals surface area contributed by atoms with E-state index in [-0.39, 0.29) is 17.7 Å². The molecular weight excluding hydrogens is 422 g/mol. The van der Waals surface area contributed by atoms with Gasteiger partial charge in [-0.3, -0.25) is 4.79 Å². The molecule has 1 amide bonds. The minimum atomic E-state index is -0.278. The summed E-state index contributed by atoms with van der Waals surface area (Å²) in [4.78, 5) is 18.5. The van der Waals surface area contributed by atoms with Crippen molar-refractivity contribution in [1.82, 2.24) is 4.98 Å². The summed E-state index contributed by atoms with van der Waals surface area (Å²) in [6.45, 7) is 6.09. The Bertz CT molecular complexity index is 1210. The maximum Gasteiger partial charge on any atom is 0.291 e. The SMILES string of the molecule is COc1ccc(C(Nc2cccc(C)n2)c2c(NC(=O)c3ccco3)sc(C)c2C)cc1. The normalized spacial score (nSPS) is 11.8. The largest absolute Gasteiger partial charge is 0.497 e. The van der Waals surface area contributed by atoms with Crippen LogP contribution in [0.2, 0.25) is 0 Å². The third-order valence-electron chi connectivity index (χ3n) is 5.32. The van der Waals surface area contributed by atoms with Crippen molar-refractivity contribution in [1.29, 1.82) is 0 Å². The second-order valence-electron chi connectivity index (χ2n) is 7.47. The van der Waals surface area contributed by atoms with Crippen LogP contribution in [0.4, 0.5) is 10.8 Å². The molecule has 7 heteroatoms. The first kappa shape index (κ1) is 21.6. The van der Waals surface area contributed by atoms with Crippen LogP contribution in [0.3, 0.4) is 0 Å². The minimum Gasteiger partial charge on any atom is -0.497 e. The number of nitrogens with one attached hydrogen (secondary N) is 2. The molecule has 0 aliphatic heterocycles. The average molecular weight is 448 g/mol. The van der Waals surface area contributed by atoms with Crippen LogP contribution in [0.1, 0.15) is 43.9 Å². The third-order valence-corrected chi connectivity index (χ3v) is 6.46. The molecule has 3 aromatic heterocycles. The molecule has 0 saturated heterocycles. The van der Waals surface area contributed by atoms with Crippen LogP contribution in [-0.2, 0) is 0 Å². The molecule has 0 spiro atoms. The van der Waals surface area contributed by atoms with Crippen molar-refractivity contribution in [3.63, 3.8) is 0 Å². The predicted molar refractivity (Wildman–Crippen MR) is 128 cm³/mol. The van der Waals surface area contributed by atoms with E-state index in [2.05, 4.69) is 29.5 Å². The van der Waals surface area contributed by atoms with Gasteiger partial charge in [0.25, 0.3) is 5.91 Å². The first-order valence-corrected chi connectivity index (χ1v) is 11.1. The lowest BCUT2D eigenvalue weighted by molar-refractivity contribution is 0.0997. The Hall–Kier alpha value is -3.58. The number of nitrogens with zero attached hydrogens (tertiary/aromatic N) is 1. The molecule has 4 aromatic rings. The summed E-state index contributed by atoms with van der Waals surface area (Å²) in [6, 6.07) is 16.9. The maximum absolute atomic E-state index is 12.7. The van der Waals surface area contributed by atoms with Gasteiger partial charge in [-0.25, -0.2) is 4.98 Å². The fourth-order valence-electron chi connectivity index (χ4n) is 3.55. The summed E-state index contributed by atoms with van der Waals surface area (Å²) in [5.74, 6) is 1.54. The zero-order valence-corrected chi connectivity index (χ0v) is 19.2. The van der Waals surface area contributed by atoms with Crippen LogP contribution in [-0.4, -0.2) is 18.0 Å². The van der Waals surface area contributed by atoms with E-state index in [4.69, 9.17) is 9.15 Å². The van der Waals surface area contributed by atoms with E-state index in [9.17, 15) is 4.79 Å². The number of amides is 1.